The summed E-state index contributed by atoms with van der Waals surface area (Å²) in [7, 11) is 3.56. The highest BCUT2D eigenvalue weighted by atomic mass is 127. The van der Waals surface area contributed by atoms with E-state index in [-0.39, 0.29) is 34.9 Å². The Morgan fingerprint density at radius 2 is 1.92 bits per heavy atom. The van der Waals surface area contributed by atoms with Crippen molar-refractivity contribution in [2.45, 2.75) is 51.5 Å². The van der Waals surface area contributed by atoms with Crippen molar-refractivity contribution in [3.05, 3.63) is 29.3 Å². The summed E-state index contributed by atoms with van der Waals surface area (Å²) in [4.78, 5) is 4.37. The van der Waals surface area contributed by atoms with Crippen LogP contribution in [0.1, 0.15) is 44.7 Å². The standard InChI is InChI=1S/C20H33N3O2.HI/c1-15-7-8-17(24-6)16(13-15)20(9-11-25-12-10-20)14-22-18(21-5)23-19(2,3)4;/h7-8,13H,9-12,14H2,1-6H3,(H2,21,22,23);1H. The molecule has 0 amide bonds. The lowest BCUT2D eigenvalue weighted by molar-refractivity contribution is 0.0505. The number of hydrogen-bond acceptors (Lipinski definition) is 3. The van der Waals surface area contributed by atoms with Gasteiger partial charge in [0.15, 0.2) is 5.96 Å². The van der Waals surface area contributed by atoms with Gasteiger partial charge >= 0.3 is 0 Å². The van der Waals surface area contributed by atoms with E-state index in [2.05, 4.69) is 61.5 Å². The van der Waals surface area contributed by atoms with Gasteiger partial charge in [-0.2, -0.15) is 0 Å². The summed E-state index contributed by atoms with van der Waals surface area (Å²) in [6.45, 7) is 10.9. The number of benzene rings is 1. The zero-order valence-corrected chi connectivity index (χ0v) is 19.3. The molecule has 0 aliphatic carbocycles. The fraction of sp³-hybridized carbons (Fsp3) is 0.650. The molecule has 1 saturated heterocycles. The van der Waals surface area contributed by atoms with Crippen LogP contribution in [0.3, 0.4) is 0 Å². The first-order chi connectivity index (χ1) is 11.8. The third kappa shape index (κ3) is 6.01. The maximum atomic E-state index is 5.68. The van der Waals surface area contributed by atoms with Crippen molar-refractivity contribution in [2.75, 3.05) is 33.9 Å². The van der Waals surface area contributed by atoms with Gasteiger partial charge < -0.3 is 20.1 Å². The molecule has 0 aromatic heterocycles. The van der Waals surface area contributed by atoms with E-state index < -0.39 is 0 Å². The van der Waals surface area contributed by atoms with Gasteiger partial charge in [0.2, 0.25) is 0 Å². The van der Waals surface area contributed by atoms with Crippen molar-refractivity contribution in [1.82, 2.24) is 10.6 Å². The quantitative estimate of drug-likeness (QED) is 0.397. The summed E-state index contributed by atoms with van der Waals surface area (Å²) in [5, 5.41) is 6.96. The van der Waals surface area contributed by atoms with Crippen LogP contribution >= 0.6 is 24.0 Å². The number of aliphatic imine (C=N–C) groups is 1. The molecule has 0 saturated carbocycles. The topological polar surface area (TPSA) is 54.9 Å². The molecule has 0 atom stereocenters. The number of hydrogen-bond donors (Lipinski definition) is 2. The van der Waals surface area contributed by atoms with Crippen LogP contribution in [0.2, 0.25) is 0 Å². The number of rotatable bonds is 4. The molecule has 5 nitrogen and oxygen atoms in total. The molecule has 1 heterocycles. The van der Waals surface area contributed by atoms with E-state index in [4.69, 9.17) is 9.47 Å². The minimum atomic E-state index is -0.0360. The third-order valence-corrected chi connectivity index (χ3v) is 4.69. The lowest BCUT2D eigenvalue weighted by Crippen LogP contribution is -2.52. The average Bonchev–Trinajstić information content (AvgIpc) is 2.58. The molecular weight excluding hydrogens is 441 g/mol. The fourth-order valence-electron chi connectivity index (χ4n) is 3.33. The average molecular weight is 475 g/mol. The Labute approximate surface area is 175 Å². The van der Waals surface area contributed by atoms with Gasteiger partial charge in [-0.15, -0.1) is 24.0 Å². The molecule has 0 bridgehead atoms. The van der Waals surface area contributed by atoms with Crippen LogP contribution in [0, 0.1) is 6.92 Å². The molecule has 1 aliphatic heterocycles. The number of ether oxygens (including phenoxy) is 2. The molecule has 0 unspecified atom stereocenters. The predicted octanol–water partition coefficient (Wildman–Crippen LogP) is 3.63. The number of nitrogens with one attached hydrogen (secondary N) is 2. The van der Waals surface area contributed by atoms with Crippen LogP contribution < -0.4 is 15.4 Å². The van der Waals surface area contributed by atoms with E-state index in [1.165, 1.54) is 11.1 Å². The van der Waals surface area contributed by atoms with Crippen molar-refractivity contribution in [3.63, 3.8) is 0 Å². The van der Waals surface area contributed by atoms with E-state index >= 15 is 0 Å². The van der Waals surface area contributed by atoms with E-state index in [1.807, 2.05) is 7.05 Å². The fourth-order valence-corrected chi connectivity index (χ4v) is 3.33. The summed E-state index contributed by atoms with van der Waals surface area (Å²) in [5.41, 5.74) is 2.45. The largest absolute Gasteiger partial charge is 0.496 e. The Kier molecular flexibility index (Phi) is 8.66. The zero-order valence-electron chi connectivity index (χ0n) is 16.9. The maximum absolute atomic E-state index is 5.68. The van der Waals surface area contributed by atoms with Crippen LogP contribution in [0.4, 0.5) is 0 Å². The van der Waals surface area contributed by atoms with Crippen molar-refractivity contribution in [3.8, 4) is 5.75 Å². The second-order valence-corrected chi connectivity index (χ2v) is 7.90. The Morgan fingerprint density at radius 3 is 2.46 bits per heavy atom. The molecule has 26 heavy (non-hydrogen) atoms. The van der Waals surface area contributed by atoms with Gasteiger partial charge in [0.25, 0.3) is 0 Å². The number of halogens is 1. The SMILES string of the molecule is CN=C(NCC1(c2cc(C)ccc2OC)CCOCC1)NC(C)(C)C.I. The van der Waals surface area contributed by atoms with Crippen molar-refractivity contribution in [2.24, 2.45) is 4.99 Å². The van der Waals surface area contributed by atoms with Gasteiger partial charge in [-0.3, -0.25) is 4.99 Å². The van der Waals surface area contributed by atoms with Crippen LogP contribution in [0.15, 0.2) is 23.2 Å². The molecule has 1 aliphatic rings. The minimum absolute atomic E-state index is 0. The number of guanidine groups is 1. The highest BCUT2D eigenvalue weighted by molar-refractivity contribution is 14.0. The summed E-state index contributed by atoms with van der Waals surface area (Å²) in [6, 6.07) is 6.43. The van der Waals surface area contributed by atoms with Crippen LogP contribution in [-0.4, -0.2) is 45.4 Å². The van der Waals surface area contributed by atoms with E-state index in [0.717, 1.165) is 44.3 Å². The van der Waals surface area contributed by atoms with E-state index in [9.17, 15) is 0 Å². The van der Waals surface area contributed by atoms with Crippen molar-refractivity contribution < 1.29 is 9.47 Å². The normalized spacial score (nSPS) is 17.2. The molecule has 1 aromatic carbocycles. The third-order valence-electron chi connectivity index (χ3n) is 4.69. The van der Waals surface area contributed by atoms with Crippen molar-refractivity contribution >= 4 is 29.9 Å². The molecule has 0 radical (unpaired) electrons. The zero-order chi connectivity index (χ0) is 18.5. The molecule has 0 spiro atoms. The van der Waals surface area contributed by atoms with Crippen molar-refractivity contribution in [1.29, 1.82) is 0 Å². The maximum Gasteiger partial charge on any atom is 0.191 e. The Bertz CT molecular complexity index is 606. The summed E-state index contributed by atoms with van der Waals surface area (Å²) < 4.78 is 11.3. The van der Waals surface area contributed by atoms with Gasteiger partial charge in [0.1, 0.15) is 5.75 Å². The second-order valence-electron chi connectivity index (χ2n) is 7.90. The highest BCUT2D eigenvalue weighted by Gasteiger charge is 2.37. The molecule has 6 heteroatoms. The predicted molar refractivity (Wildman–Crippen MR) is 119 cm³/mol. The van der Waals surface area contributed by atoms with E-state index in [1.54, 1.807) is 7.11 Å². The minimum Gasteiger partial charge on any atom is -0.496 e. The van der Waals surface area contributed by atoms with Gasteiger partial charge in [-0.1, -0.05) is 17.7 Å². The van der Waals surface area contributed by atoms with Gasteiger partial charge in [-0.25, -0.2) is 0 Å². The lowest BCUT2D eigenvalue weighted by Gasteiger charge is -2.39. The van der Waals surface area contributed by atoms with Crippen LogP contribution in [0.25, 0.3) is 0 Å². The van der Waals surface area contributed by atoms with Gasteiger partial charge in [0.05, 0.1) is 7.11 Å². The van der Waals surface area contributed by atoms with Gasteiger partial charge in [-0.05, 0) is 46.6 Å². The Balaban J connectivity index is 0.00000338. The van der Waals surface area contributed by atoms with E-state index in [0.29, 0.717) is 0 Å². The number of aryl methyl sites for hydroxylation is 1. The monoisotopic (exact) mass is 475 g/mol. The van der Waals surface area contributed by atoms with Crippen LogP contribution in [-0.2, 0) is 10.2 Å². The number of nitrogens with zero attached hydrogens (tertiary/aromatic N) is 1. The Hall–Kier alpha value is -1.02. The lowest BCUT2D eigenvalue weighted by atomic mass is 9.73. The summed E-state index contributed by atoms with van der Waals surface area (Å²) in [6.07, 6.45) is 1.93. The number of methoxy groups -OCH3 is 1. The second kappa shape index (κ2) is 9.78. The summed E-state index contributed by atoms with van der Waals surface area (Å²) >= 11 is 0. The highest BCUT2D eigenvalue weighted by Crippen LogP contribution is 2.40. The molecule has 2 rings (SSSR count). The van der Waals surface area contributed by atoms with Gasteiger partial charge in [0, 0.05) is 43.3 Å². The summed E-state index contributed by atoms with van der Waals surface area (Å²) in [5.74, 6) is 1.78. The molecule has 1 aromatic rings. The van der Waals surface area contributed by atoms with Crippen LogP contribution in [0.5, 0.6) is 5.75 Å². The Morgan fingerprint density at radius 1 is 1.27 bits per heavy atom. The molecular formula is C20H34IN3O2. The first-order valence-electron chi connectivity index (χ1n) is 9.01. The smallest absolute Gasteiger partial charge is 0.191 e. The molecule has 2 N–H and O–H groups in total. The molecule has 148 valence electrons. The first-order valence-corrected chi connectivity index (χ1v) is 9.01. The molecule has 1 fully saturated rings. The first kappa shape index (κ1) is 23.0.